The molecule has 2 rings (SSSR count). The van der Waals surface area contributed by atoms with Gasteiger partial charge in [0.05, 0.1) is 11.5 Å². The van der Waals surface area contributed by atoms with E-state index in [2.05, 4.69) is 0 Å². The number of sulfonamides is 1. The Bertz CT molecular complexity index is 661. The number of hydrogen-bond acceptors (Lipinski definition) is 4. The molecular weight excluding hydrogens is 340 g/mol. The lowest BCUT2D eigenvalue weighted by molar-refractivity contribution is -0.135. The zero-order valence-electron chi connectivity index (χ0n) is 15.2. The van der Waals surface area contributed by atoms with Crippen LogP contribution >= 0.6 is 0 Å². The number of methoxy groups -OCH3 is 1. The summed E-state index contributed by atoms with van der Waals surface area (Å²) in [5.41, 5.74) is 0. The summed E-state index contributed by atoms with van der Waals surface area (Å²) in [5, 5.41) is 0. The third-order valence-electron chi connectivity index (χ3n) is 4.30. The van der Waals surface area contributed by atoms with E-state index in [9.17, 15) is 13.2 Å². The molecule has 1 heterocycles. The van der Waals surface area contributed by atoms with Crippen molar-refractivity contribution in [3.05, 3.63) is 30.3 Å². The van der Waals surface area contributed by atoms with Crippen molar-refractivity contribution in [2.75, 3.05) is 33.4 Å². The van der Waals surface area contributed by atoms with Crippen molar-refractivity contribution < 1.29 is 17.9 Å². The normalized spacial score (nSPS) is 18.6. The molecule has 6 nitrogen and oxygen atoms in total. The number of benzene rings is 1. The van der Waals surface area contributed by atoms with Crippen LogP contribution in [0.2, 0.25) is 0 Å². The van der Waals surface area contributed by atoms with Crippen molar-refractivity contribution in [1.29, 1.82) is 0 Å². The lowest BCUT2D eigenvalue weighted by atomic mass is 10.1. The highest BCUT2D eigenvalue weighted by Gasteiger charge is 2.41. The summed E-state index contributed by atoms with van der Waals surface area (Å²) in [4.78, 5) is 15.0. The number of rotatable bonds is 8. The van der Waals surface area contributed by atoms with Crippen LogP contribution in [0.25, 0.3) is 0 Å². The van der Waals surface area contributed by atoms with Crippen molar-refractivity contribution in [1.82, 2.24) is 9.21 Å². The van der Waals surface area contributed by atoms with Gasteiger partial charge in [0.25, 0.3) is 0 Å². The Kier molecular flexibility index (Phi) is 6.98. The van der Waals surface area contributed by atoms with Crippen LogP contribution in [0, 0.1) is 5.92 Å². The summed E-state index contributed by atoms with van der Waals surface area (Å²) in [6.07, 6.45) is 1.26. The van der Waals surface area contributed by atoms with E-state index in [1.807, 2.05) is 13.8 Å². The van der Waals surface area contributed by atoms with Gasteiger partial charge < -0.3 is 9.64 Å². The zero-order chi connectivity index (χ0) is 18.4. The molecule has 0 radical (unpaired) electrons. The van der Waals surface area contributed by atoms with Crippen molar-refractivity contribution in [2.45, 2.75) is 37.6 Å². The van der Waals surface area contributed by atoms with Crippen LogP contribution in [0.5, 0.6) is 0 Å². The first kappa shape index (κ1) is 19.9. The van der Waals surface area contributed by atoms with Gasteiger partial charge in [0.15, 0.2) is 0 Å². The number of nitrogens with zero attached hydrogens (tertiary/aromatic N) is 2. The first-order chi connectivity index (χ1) is 11.9. The summed E-state index contributed by atoms with van der Waals surface area (Å²) < 4.78 is 32.3. The average molecular weight is 368 g/mol. The highest BCUT2D eigenvalue weighted by Crippen LogP contribution is 2.27. The van der Waals surface area contributed by atoms with Crippen LogP contribution in [0.1, 0.15) is 26.7 Å². The molecule has 7 heteroatoms. The van der Waals surface area contributed by atoms with E-state index in [0.29, 0.717) is 45.0 Å². The minimum atomic E-state index is -3.66. The quantitative estimate of drug-likeness (QED) is 0.704. The second-order valence-electron chi connectivity index (χ2n) is 6.76. The van der Waals surface area contributed by atoms with Crippen molar-refractivity contribution in [3.63, 3.8) is 0 Å². The maximum atomic E-state index is 13.0. The Morgan fingerprint density at radius 1 is 1.32 bits per heavy atom. The molecule has 1 aliphatic rings. The molecule has 1 atom stereocenters. The van der Waals surface area contributed by atoms with Crippen molar-refractivity contribution in [3.8, 4) is 0 Å². The smallest absolute Gasteiger partial charge is 0.243 e. The third kappa shape index (κ3) is 4.80. The fourth-order valence-corrected chi connectivity index (χ4v) is 4.82. The second kappa shape index (κ2) is 8.78. The minimum Gasteiger partial charge on any atom is -0.383 e. The van der Waals surface area contributed by atoms with Crippen LogP contribution < -0.4 is 0 Å². The molecule has 0 bridgehead atoms. The van der Waals surface area contributed by atoms with Gasteiger partial charge in [-0.05, 0) is 30.9 Å². The molecule has 0 saturated carbocycles. The molecule has 25 heavy (non-hydrogen) atoms. The largest absolute Gasteiger partial charge is 0.383 e. The first-order valence-corrected chi connectivity index (χ1v) is 10.2. The molecule has 1 saturated heterocycles. The highest BCUT2D eigenvalue weighted by molar-refractivity contribution is 7.89. The van der Waals surface area contributed by atoms with E-state index < -0.39 is 16.1 Å². The Morgan fingerprint density at radius 3 is 2.60 bits per heavy atom. The summed E-state index contributed by atoms with van der Waals surface area (Å²) in [6.45, 7) is 5.98. The minimum absolute atomic E-state index is 0.122. The van der Waals surface area contributed by atoms with E-state index in [-0.39, 0.29) is 10.8 Å². The van der Waals surface area contributed by atoms with Gasteiger partial charge in [0.1, 0.15) is 6.04 Å². The molecule has 0 aromatic heterocycles. The Balaban J connectivity index is 2.22. The maximum Gasteiger partial charge on any atom is 0.243 e. The zero-order valence-corrected chi connectivity index (χ0v) is 16.0. The lowest BCUT2D eigenvalue weighted by Gasteiger charge is -2.31. The number of carbonyl (C=O) groups excluding carboxylic acids is 1. The van der Waals surface area contributed by atoms with E-state index in [0.717, 1.165) is 0 Å². The van der Waals surface area contributed by atoms with E-state index in [1.165, 1.54) is 4.31 Å². The number of ether oxygens (including phenoxy) is 1. The van der Waals surface area contributed by atoms with Gasteiger partial charge in [0, 0.05) is 26.7 Å². The molecule has 1 aromatic rings. The summed E-state index contributed by atoms with van der Waals surface area (Å²) >= 11 is 0. The van der Waals surface area contributed by atoms with Gasteiger partial charge in [-0.2, -0.15) is 4.31 Å². The standard InChI is InChI=1S/C18H28N2O4S/c1-15(2)14-19(12-13-24-3)18(21)17-10-7-11-20(17)25(22,23)16-8-5-4-6-9-16/h4-6,8-9,15,17H,7,10-14H2,1-3H3. The molecule has 1 fully saturated rings. The number of hydrogen-bond donors (Lipinski definition) is 0. The fourth-order valence-electron chi connectivity index (χ4n) is 3.15. The number of amides is 1. The molecule has 1 aromatic carbocycles. The van der Waals surface area contributed by atoms with Gasteiger partial charge in [-0.15, -0.1) is 0 Å². The molecule has 0 N–H and O–H groups in total. The Hall–Kier alpha value is -1.44. The summed E-state index contributed by atoms with van der Waals surface area (Å²) in [6, 6.07) is 7.70. The predicted molar refractivity (Wildman–Crippen MR) is 96.6 cm³/mol. The number of carbonyl (C=O) groups is 1. The fraction of sp³-hybridized carbons (Fsp3) is 0.611. The van der Waals surface area contributed by atoms with Gasteiger partial charge >= 0.3 is 0 Å². The summed E-state index contributed by atoms with van der Waals surface area (Å²) in [5.74, 6) is 0.184. The molecule has 0 aliphatic carbocycles. The molecule has 0 spiro atoms. The van der Waals surface area contributed by atoms with Crippen molar-refractivity contribution in [2.24, 2.45) is 5.92 Å². The van der Waals surface area contributed by atoms with Crippen molar-refractivity contribution >= 4 is 15.9 Å². The van der Waals surface area contributed by atoms with Crippen LogP contribution in [0.4, 0.5) is 0 Å². The molecule has 1 amide bonds. The second-order valence-corrected chi connectivity index (χ2v) is 8.65. The lowest BCUT2D eigenvalue weighted by Crippen LogP contribution is -2.49. The maximum absolute atomic E-state index is 13.0. The van der Waals surface area contributed by atoms with E-state index >= 15 is 0 Å². The summed E-state index contributed by atoms with van der Waals surface area (Å²) in [7, 11) is -2.06. The Morgan fingerprint density at radius 2 is 2.00 bits per heavy atom. The molecule has 140 valence electrons. The monoisotopic (exact) mass is 368 g/mol. The molecule has 1 aliphatic heterocycles. The predicted octanol–water partition coefficient (Wildman–Crippen LogP) is 1.97. The third-order valence-corrected chi connectivity index (χ3v) is 6.22. The highest BCUT2D eigenvalue weighted by atomic mass is 32.2. The van der Waals surface area contributed by atoms with Gasteiger partial charge in [-0.1, -0.05) is 32.0 Å². The van der Waals surface area contributed by atoms with Crippen LogP contribution in [0.15, 0.2) is 35.2 Å². The van der Waals surface area contributed by atoms with Crippen LogP contribution in [0.3, 0.4) is 0 Å². The van der Waals surface area contributed by atoms with Crippen LogP contribution in [-0.4, -0.2) is 62.9 Å². The van der Waals surface area contributed by atoms with E-state index in [4.69, 9.17) is 4.74 Å². The Labute approximate surface area is 150 Å². The van der Waals surface area contributed by atoms with Gasteiger partial charge in [-0.25, -0.2) is 8.42 Å². The molecular formula is C18H28N2O4S. The van der Waals surface area contributed by atoms with Gasteiger partial charge in [-0.3, -0.25) is 4.79 Å². The average Bonchev–Trinajstić information content (AvgIpc) is 3.09. The topological polar surface area (TPSA) is 66.9 Å². The first-order valence-electron chi connectivity index (χ1n) is 8.72. The SMILES string of the molecule is COCCN(CC(C)C)C(=O)C1CCCN1S(=O)(=O)c1ccccc1. The van der Waals surface area contributed by atoms with Crippen LogP contribution in [-0.2, 0) is 19.6 Å². The van der Waals surface area contributed by atoms with E-state index in [1.54, 1.807) is 42.3 Å². The van der Waals surface area contributed by atoms with Gasteiger partial charge in [0.2, 0.25) is 15.9 Å². The molecule has 1 unspecified atom stereocenters.